The number of amides is 1. The van der Waals surface area contributed by atoms with Gasteiger partial charge < -0.3 is 5.32 Å². The lowest BCUT2D eigenvalue weighted by Crippen LogP contribution is -2.45. The van der Waals surface area contributed by atoms with Gasteiger partial charge in [-0.05, 0) is 25.7 Å². The average Bonchev–Trinajstić information content (AvgIpc) is 2.71. The SMILES string of the molecule is CC(C)(C)CC(C)(C)NS(=O)(=O)c1nnc(NC(=O)C(C)(C)C)s1. The molecular formula is C15H28N4O3S2. The fourth-order valence-electron chi connectivity index (χ4n) is 2.42. The predicted octanol–water partition coefficient (Wildman–Crippen LogP) is 3.02. The molecule has 0 radical (unpaired) electrons. The second-order valence-corrected chi connectivity index (χ2v) is 11.6. The van der Waals surface area contributed by atoms with Gasteiger partial charge in [0, 0.05) is 11.0 Å². The zero-order valence-corrected chi connectivity index (χ0v) is 17.3. The fraction of sp³-hybridized carbons (Fsp3) is 0.800. The first-order valence-corrected chi connectivity index (χ1v) is 10.0. The summed E-state index contributed by atoms with van der Waals surface area (Å²) in [6.07, 6.45) is 0.658. The van der Waals surface area contributed by atoms with E-state index in [0.29, 0.717) is 6.42 Å². The van der Waals surface area contributed by atoms with Crippen LogP contribution in [0.3, 0.4) is 0 Å². The molecule has 1 aromatic heterocycles. The van der Waals surface area contributed by atoms with Crippen LogP contribution in [0.15, 0.2) is 4.34 Å². The first-order valence-electron chi connectivity index (χ1n) is 7.71. The van der Waals surface area contributed by atoms with Crippen LogP contribution in [0.2, 0.25) is 0 Å². The summed E-state index contributed by atoms with van der Waals surface area (Å²) in [5.41, 5.74) is -1.26. The van der Waals surface area contributed by atoms with E-state index in [-0.39, 0.29) is 20.8 Å². The Morgan fingerprint density at radius 1 is 1.04 bits per heavy atom. The number of nitrogens with one attached hydrogen (secondary N) is 2. The van der Waals surface area contributed by atoms with E-state index in [0.717, 1.165) is 11.3 Å². The van der Waals surface area contributed by atoms with Gasteiger partial charge in [0.2, 0.25) is 15.4 Å². The second kappa shape index (κ2) is 6.68. The molecule has 1 amide bonds. The highest BCUT2D eigenvalue weighted by molar-refractivity contribution is 7.91. The topological polar surface area (TPSA) is 101 Å². The number of rotatable bonds is 5. The van der Waals surface area contributed by atoms with E-state index in [1.54, 1.807) is 20.8 Å². The summed E-state index contributed by atoms with van der Waals surface area (Å²) in [5.74, 6) is -0.247. The summed E-state index contributed by atoms with van der Waals surface area (Å²) >= 11 is 0.838. The van der Waals surface area contributed by atoms with Crippen LogP contribution in [0.4, 0.5) is 5.13 Å². The van der Waals surface area contributed by atoms with Crippen molar-refractivity contribution in [3.63, 3.8) is 0 Å². The van der Waals surface area contributed by atoms with Crippen LogP contribution in [-0.4, -0.2) is 30.1 Å². The lowest BCUT2D eigenvalue weighted by Gasteiger charge is -2.32. The molecule has 0 aliphatic heterocycles. The summed E-state index contributed by atoms with van der Waals surface area (Å²) < 4.78 is 27.5. The largest absolute Gasteiger partial charge is 0.300 e. The van der Waals surface area contributed by atoms with Crippen molar-refractivity contribution in [2.45, 2.75) is 71.7 Å². The van der Waals surface area contributed by atoms with E-state index < -0.39 is 21.0 Å². The fourth-order valence-corrected chi connectivity index (χ4v) is 4.73. The Kier molecular flexibility index (Phi) is 5.84. The Bertz CT molecular complexity index is 695. The maximum absolute atomic E-state index is 12.5. The van der Waals surface area contributed by atoms with Crippen LogP contribution < -0.4 is 10.0 Å². The highest BCUT2D eigenvalue weighted by atomic mass is 32.2. The van der Waals surface area contributed by atoms with Crippen molar-refractivity contribution >= 4 is 32.4 Å². The number of anilines is 1. The van der Waals surface area contributed by atoms with Crippen molar-refractivity contribution in [2.24, 2.45) is 10.8 Å². The lowest BCUT2D eigenvalue weighted by molar-refractivity contribution is -0.123. The number of nitrogens with zero attached hydrogens (tertiary/aromatic N) is 2. The molecule has 2 N–H and O–H groups in total. The van der Waals surface area contributed by atoms with E-state index in [9.17, 15) is 13.2 Å². The van der Waals surface area contributed by atoms with Gasteiger partial charge in [0.25, 0.3) is 10.0 Å². The first kappa shape index (κ1) is 21.0. The third-order valence-electron chi connectivity index (χ3n) is 2.92. The van der Waals surface area contributed by atoms with E-state index in [4.69, 9.17) is 0 Å². The predicted molar refractivity (Wildman–Crippen MR) is 96.5 cm³/mol. The van der Waals surface area contributed by atoms with Gasteiger partial charge in [-0.15, -0.1) is 10.2 Å². The van der Waals surface area contributed by atoms with Crippen LogP contribution in [0.1, 0.15) is 61.8 Å². The van der Waals surface area contributed by atoms with Crippen LogP contribution in [-0.2, 0) is 14.8 Å². The molecule has 0 aliphatic rings. The van der Waals surface area contributed by atoms with Crippen molar-refractivity contribution in [1.29, 1.82) is 0 Å². The molecule has 1 aromatic rings. The van der Waals surface area contributed by atoms with Crippen LogP contribution >= 0.6 is 11.3 Å². The number of carbonyl (C=O) groups excluding carboxylic acids is 1. The summed E-state index contributed by atoms with van der Waals surface area (Å²) in [7, 11) is -3.80. The van der Waals surface area contributed by atoms with Gasteiger partial charge in [-0.3, -0.25) is 4.79 Å². The third-order valence-corrected chi connectivity index (χ3v) is 5.83. The van der Waals surface area contributed by atoms with Crippen molar-refractivity contribution in [1.82, 2.24) is 14.9 Å². The Morgan fingerprint density at radius 3 is 2.04 bits per heavy atom. The van der Waals surface area contributed by atoms with Crippen LogP contribution in [0.5, 0.6) is 0 Å². The van der Waals surface area contributed by atoms with Gasteiger partial charge in [0.05, 0.1) is 0 Å². The van der Waals surface area contributed by atoms with Gasteiger partial charge >= 0.3 is 0 Å². The Hall–Kier alpha value is -1.06. The molecule has 138 valence electrons. The zero-order valence-electron chi connectivity index (χ0n) is 15.6. The van der Waals surface area contributed by atoms with Gasteiger partial charge in [-0.25, -0.2) is 13.1 Å². The summed E-state index contributed by atoms with van der Waals surface area (Å²) in [6, 6.07) is 0. The van der Waals surface area contributed by atoms with E-state index in [2.05, 4.69) is 20.2 Å². The van der Waals surface area contributed by atoms with Crippen LogP contribution in [0.25, 0.3) is 0 Å². The molecule has 9 heteroatoms. The monoisotopic (exact) mass is 376 g/mol. The third kappa shape index (κ3) is 6.45. The minimum atomic E-state index is -3.80. The van der Waals surface area contributed by atoms with Gasteiger partial charge in [0.1, 0.15) is 0 Å². The summed E-state index contributed by atoms with van der Waals surface area (Å²) in [5, 5.41) is 10.2. The molecule has 0 atom stereocenters. The van der Waals surface area contributed by atoms with E-state index in [1.807, 2.05) is 34.6 Å². The second-order valence-electron chi connectivity index (χ2n) is 8.80. The minimum Gasteiger partial charge on any atom is -0.300 e. The average molecular weight is 377 g/mol. The van der Waals surface area contributed by atoms with Crippen molar-refractivity contribution in [3.05, 3.63) is 0 Å². The molecular weight excluding hydrogens is 348 g/mol. The Morgan fingerprint density at radius 2 is 1.58 bits per heavy atom. The van der Waals surface area contributed by atoms with Gasteiger partial charge in [-0.2, -0.15) is 0 Å². The molecule has 1 heterocycles. The summed E-state index contributed by atoms with van der Waals surface area (Å²) in [6.45, 7) is 15.1. The number of aromatic nitrogens is 2. The molecule has 0 saturated carbocycles. The molecule has 7 nitrogen and oxygen atoms in total. The number of carbonyl (C=O) groups is 1. The van der Waals surface area contributed by atoms with Crippen molar-refractivity contribution in [2.75, 3.05) is 5.32 Å². The maximum Gasteiger partial charge on any atom is 0.270 e. The van der Waals surface area contributed by atoms with E-state index >= 15 is 0 Å². The smallest absolute Gasteiger partial charge is 0.270 e. The highest BCUT2D eigenvalue weighted by Crippen LogP contribution is 2.29. The van der Waals surface area contributed by atoms with Gasteiger partial charge in [-0.1, -0.05) is 52.9 Å². The van der Waals surface area contributed by atoms with E-state index in [1.165, 1.54) is 0 Å². The maximum atomic E-state index is 12.5. The standard InChI is InChI=1S/C15H28N4O3S2/c1-13(2,3)9-15(7,8)19-24(21,22)12-18-17-11(23-12)16-10(20)14(4,5)6/h19H,9H2,1-8H3,(H,16,17,20). The van der Waals surface area contributed by atoms with Crippen LogP contribution in [0, 0.1) is 10.8 Å². The molecule has 1 rings (SSSR count). The number of sulfonamides is 1. The molecule has 0 fully saturated rings. The van der Waals surface area contributed by atoms with Crippen molar-refractivity contribution in [3.8, 4) is 0 Å². The van der Waals surface area contributed by atoms with Crippen molar-refractivity contribution < 1.29 is 13.2 Å². The van der Waals surface area contributed by atoms with Gasteiger partial charge in [0.15, 0.2) is 0 Å². The molecule has 0 bridgehead atoms. The lowest BCUT2D eigenvalue weighted by atomic mass is 9.82. The molecule has 0 saturated heterocycles. The highest BCUT2D eigenvalue weighted by Gasteiger charge is 2.33. The molecule has 24 heavy (non-hydrogen) atoms. The molecule has 0 aromatic carbocycles. The normalized spacial score (nSPS) is 13.8. The quantitative estimate of drug-likeness (QED) is 0.769. The first-order chi connectivity index (χ1) is 10.5. The summed E-state index contributed by atoms with van der Waals surface area (Å²) in [4.78, 5) is 11.9. The number of hydrogen-bond donors (Lipinski definition) is 2. The number of hydrogen-bond acceptors (Lipinski definition) is 6. The molecule has 0 spiro atoms. The molecule has 0 unspecified atom stereocenters. The Labute approximate surface area is 148 Å². The minimum absolute atomic E-state index is 0.0288. The Balaban J connectivity index is 2.92. The molecule has 0 aliphatic carbocycles. The zero-order chi connectivity index (χ0) is 19.0.